The van der Waals surface area contributed by atoms with Crippen molar-refractivity contribution in [3.05, 3.63) is 75.7 Å². The van der Waals surface area contributed by atoms with Gasteiger partial charge in [0.05, 0.1) is 24.6 Å². The van der Waals surface area contributed by atoms with E-state index in [9.17, 15) is 27.1 Å². The van der Waals surface area contributed by atoms with E-state index in [1.807, 2.05) is 0 Å². The summed E-state index contributed by atoms with van der Waals surface area (Å²) in [6, 6.07) is 10.5. The Bertz CT molecular complexity index is 1540. The van der Waals surface area contributed by atoms with E-state index in [2.05, 4.69) is 10.2 Å². The number of halogens is 3. The largest absolute Gasteiger partial charge is 0.390 e. The quantitative estimate of drug-likeness (QED) is 0.379. The lowest BCUT2D eigenvalue weighted by Crippen LogP contribution is -2.41. The highest BCUT2D eigenvalue weighted by molar-refractivity contribution is 7.88. The fourth-order valence-electron chi connectivity index (χ4n) is 5.51. The van der Waals surface area contributed by atoms with Crippen LogP contribution in [0.5, 0.6) is 0 Å². The van der Waals surface area contributed by atoms with Crippen molar-refractivity contribution in [2.75, 3.05) is 32.4 Å². The maximum absolute atomic E-state index is 13.6. The van der Waals surface area contributed by atoms with Crippen LogP contribution in [-0.4, -0.2) is 83.1 Å². The number of nitrogens with one attached hydrogen (secondary N) is 1. The van der Waals surface area contributed by atoms with E-state index in [0.717, 1.165) is 11.3 Å². The van der Waals surface area contributed by atoms with E-state index in [1.54, 1.807) is 22.9 Å². The summed E-state index contributed by atoms with van der Waals surface area (Å²) in [6.07, 6.45) is 0.989. The zero-order valence-electron chi connectivity index (χ0n) is 23.3. The second kappa shape index (κ2) is 12.8. The highest BCUT2D eigenvalue weighted by atomic mass is 35.5. The molecule has 0 aliphatic carbocycles. The number of β-amino-alcohol motifs (C(OH)–C–C–N with tert-alkyl or cyclic N) is 1. The van der Waals surface area contributed by atoms with Crippen LogP contribution in [0.25, 0.3) is 11.3 Å². The van der Waals surface area contributed by atoms with Crippen molar-refractivity contribution < 1.29 is 27.1 Å². The van der Waals surface area contributed by atoms with Crippen LogP contribution in [-0.2, 0) is 36.1 Å². The van der Waals surface area contributed by atoms with Gasteiger partial charge in [-0.1, -0.05) is 17.7 Å². The molecule has 1 saturated heterocycles. The Kier molecular flexibility index (Phi) is 9.28. The van der Waals surface area contributed by atoms with Gasteiger partial charge >= 0.3 is 0 Å². The zero-order chi connectivity index (χ0) is 30.0. The van der Waals surface area contributed by atoms with E-state index in [4.69, 9.17) is 16.7 Å². The Balaban J connectivity index is 1.39. The summed E-state index contributed by atoms with van der Waals surface area (Å²) in [5.74, 6) is -0.819. The van der Waals surface area contributed by atoms with E-state index < -0.39 is 28.1 Å². The molecule has 9 nitrogen and oxygen atoms in total. The number of hydrogen-bond acceptors (Lipinski definition) is 6. The van der Waals surface area contributed by atoms with E-state index in [0.29, 0.717) is 72.8 Å². The molecule has 1 atom stereocenters. The van der Waals surface area contributed by atoms with Gasteiger partial charge in [0.15, 0.2) is 0 Å². The number of alkyl halides is 1. The Morgan fingerprint density at radius 1 is 1.14 bits per heavy atom. The number of amides is 1. The molecular formula is C29H34ClF2N5O4S. The number of aromatic nitrogens is 2. The molecule has 0 spiro atoms. The number of carbonyl (C=O) groups excluding carboxylic acids is 1. The highest BCUT2D eigenvalue weighted by Gasteiger charge is 2.31. The maximum Gasteiger partial charge on any atom is 0.251 e. The number of benzene rings is 2. The van der Waals surface area contributed by atoms with Crippen molar-refractivity contribution in [1.82, 2.24) is 24.3 Å². The van der Waals surface area contributed by atoms with Crippen molar-refractivity contribution in [2.24, 2.45) is 0 Å². The predicted molar refractivity (Wildman–Crippen MR) is 156 cm³/mol. The molecule has 2 N–H and O–H groups in total. The van der Waals surface area contributed by atoms with E-state index in [1.165, 1.54) is 34.8 Å². The molecule has 0 bridgehead atoms. The van der Waals surface area contributed by atoms with Crippen LogP contribution in [0, 0.1) is 5.82 Å². The SMILES string of the molecule is CS(=O)(=O)N1CCc2c(c(-c3ccc(Cl)c(CNC(=O)c4ccc(F)cc4)c3)nn2CC(O)CN2CCC(F)CC2)C1. The third kappa shape index (κ3) is 7.17. The van der Waals surface area contributed by atoms with Gasteiger partial charge in [-0.3, -0.25) is 9.48 Å². The summed E-state index contributed by atoms with van der Waals surface area (Å²) in [6.45, 7) is 2.34. The second-order valence-corrected chi connectivity index (χ2v) is 13.3. The van der Waals surface area contributed by atoms with Crippen molar-refractivity contribution in [3.8, 4) is 11.3 Å². The smallest absolute Gasteiger partial charge is 0.251 e. The fraction of sp³-hybridized carbons (Fsp3) is 0.448. The number of aliphatic hydroxyl groups excluding tert-OH is 1. The van der Waals surface area contributed by atoms with Gasteiger partial charge in [0.1, 0.15) is 12.0 Å². The van der Waals surface area contributed by atoms with Gasteiger partial charge < -0.3 is 15.3 Å². The molecule has 0 saturated carbocycles. The molecule has 13 heteroatoms. The molecule has 226 valence electrons. The summed E-state index contributed by atoms with van der Waals surface area (Å²) in [7, 11) is -3.45. The normalized spacial score (nSPS) is 17.6. The van der Waals surface area contributed by atoms with Gasteiger partial charge in [-0.2, -0.15) is 9.40 Å². The third-order valence-corrected chi connectivity index (χ3v) is 9.42. The van der Waals surface area contributed by atoms with Gasteiger partial charge in [-0.05, 0) is 54.8 Å². The Morgan fingerprint density at radius 3 is 2.55 bits per heavy atom. The molecular weight excluding hydrogens is 588 g/mol. The lowest BCUT2D eigenvalue weighted by Gasteiger charge is -2.30. The number of carbonyl (C=O) groups is 1. The number of nitrogens with zero attached hydrogens (tertiary/aromatic N) is 4. The molecule has 1 fully saturated rings. The lowest BCUT2D eigenvalue weighted by atomic mass is 10.0. The summed E-state index contributed by atoms with van der Waals surface area (Å²) < 4.78 is 54.8. The average molecular weight is 622 g/mol. The number of fused-ring (bicyclic) bond motifs is 1. The first-order valence-corrected chi connectivity index (χ1v) is 16.1. The van der Waals surface area contributed by atoms with Crippen LogP contribution in [0.2, 0.25) is 5.02 Å². The number of piperidine rings is 1. The minimum Gasteiger partial charge on any atom is -0.390 e. The summed E-state index contributed by atoms with van der Waals surface area (Å²) >= 11 is 6.46. The minimum atomic E-state index is -3.45. The van der Waals surface area contributed by atoms with Crippen LogP contribution in [0.1, 0.15) is 40.0 Å². The van der Waals surface area contributed by atoms with Crippen molar-refractivity contribution in [3.63, 3.8) is 0 Å². The van der Waals surface area contributed by atoms with Gasteiger partial charge in [0.2, 0.25) is 10.0 Å². The van der Waals surface area contributed by atoms with E-state index in [-0.39, 0.29) is 25.5 Å². The Labute approximate surface area is 249 Å². The summed E-state index contributed by atoms with van der Waals surface area (Å²) in [5, 5.41) is 19.0. The van der Waals surface area contributed by atoms with Crippen LogP contribution < -0.4 is 5.32 Å². The molecule has 2 aromatic carbocycles. The molecule has 3 aromatic rings. The van der Waals surface area contributed by atoms with Crippen LogP contribution >= 0.6 is 11.6 Å². The number of rotatable bonds is 9. The molecule has 42 heavy (non-hydrogen) atoms. The van der Waals surface area contributed by atoms with Crippen LogP contribution in [0.4, 0.5) is 8.78 Å². The third-order valence-electron chi connectivity index (χ3n) is 7.80. The monoisotopic (exact) mass is 621 g/mol. The van der Waals surface area contributed by atoms with Crippen molar-refractivity contribution >= 4 is 27.5 Å². The first kappa shape index (κ1) is 30.6. The number of aliphatic hydroxyl groups is 1. The fourth-order valence-corrected chi connectivity index (χ4v) is 6.48. The van der Waals surface area contributed by atoms with Crippen LogP contribution in [0.3, 0.4) is 0 Å². The minimum absolute atomic E-state index is 0.107. The van der Waals surface area contributed by atoms with Crippen molar-refractivity contribution in [1.29, 1.82) is 0 Å². The summed E-state index contributed by atoms with van der Waals surface area (Å²) in [4.78, 5) is 14.6. The molecule has 5 rings (SSSR count). The zero-order valence-corrected chi connectivity index (χ0v) is 24.8. The first-order valence-electron chi connectivity index (χ1n) is 13.9. The van der Waals surface area contributed by atoms with Gasteiger partial charge in [0, 0.05) is 73.1 Å². The van der Waals surface area contributed by atoms with Gasteiger partial charge in [-0.15, -0.1) is 0 Å². The van der Waals surface area contributed by atoms with Crippen LogP contribution in [0.15, 0.2) is 42.5 Å². The lowest BCUT2D eigenvalue weighted by molar-refractivity contribution is 0.0685. The summed E-state index contributed by atoms with van der Waals surface area (Å²) in [5.41, 5.74) is 3.81. The molecule has 1 aromatic heterocycles. The number of likely N-dealkylation sites (tertiary alicyclic amines) is 1. The molecule has 2 aliphatic rings. The highest BCUT2D eigenvalue weighted by Crippen LogP contribution is 2.33. The second-order valence-electron chi connectivity index (χ2n) is 10.9. The molecule has 0 radical (unpaired) electrons. The van der Waals surface area contributed by atoms with Gasteiger partial charge in [-0.25, -0.2) is 17.2 Å². The average Bonchev–Trinajstić information content (AvgIpc) is 3.31. The van der Waals surface area contributed by atoms with Crippen molar-refractivity contribution in [2.45, 2.75) is 51.2 Å². The predicted octanol–water partition coefficient (Wildman–Crippen LogP) is 3.39. The Morgan fingerprint density at radius 2 is 1.86 bits per heavy atom. The standard InChI is InChI=1S/C29H34ClF2N5O4S/c1-42(40,41)36-13-10-27-25(18-36)28(34-37(27)17-24(38)16-35-11-8-23(32)9-12-35)20-4-7-26(30)21(14-20)15-33-29(39)19-2-5-22(31)6-3-19/h2-7,14,23-24,38H,8-13,15-18H2,1H3,(H,33,39). The molecule has 1 amide bonds. The maximum atomic E-state index is 13.6. The molecule has 2 aliphatic heterocycles. The number of hydrogen-bond donors (Lipinski definition) is 2. The van der Waals surface area contributed by atoms with Gasteiger partial charge in [0.25, 0.3) is 5.91 Å². The van der Waals surface area contributed by atoms with E-state index >= 15 is 0 Å². The molecule has 3 heterocycles. The number of sulfonamides is 1. The first-order chi connectivity index (χ1) is 20.0. The molecule has 1 unspecified atom stereocenters. The topological polar surface area (TPSA) is 108 Å². The Hall–Kier alpha value is -2.90.